The Balaban J connectivity index is 1.88. The number of nitrogens with one attached hydrogen (secondary N) is 1. The third-order valence-corrected chi connectivity index (χ3v) is 4.54. The summed E-state index contributed by atoms with van der Waals surface area (Å²) in [4.78, 5) is 26.2. The van der Waals surface area contributed by atoms with E-state index in [-0.39, 0.29) is 24.7 Å². The van der Waals surface area contributed by atoms with Crippen LogP contribution in [0.25, 0.3) is 0 Å². The lowest BCUT2D eigenvalue weighted by atomic mass is 9.91. The van der Waals surface area contributed by atoms with Gasteiger partial charge in [-0.3, -0.25) is 14.3 Å². The average molecular weight is 310 g/mol. The molecule has 120 valence electrons. The van der Waals surface area contributed by atoms with Gasteiger partial charge in [-0.2, -0.15) is 0 Å². The first-order chi connectivity index (χ1) is 10.4. The van der Waals surface area contributed by atoms with Crippen LogP contribution in [0.3, 0.4) is 0 Å². The maximum atomic E-state index is 12.2. The Kier molecular flexibility index (Phi) is 2.90. The molecular weight excluding hydrogens is 292 g/mol. The summed E-state index contributed by atoms with van der Waals surface area (Å²) >= 11 is 0. The summed E-state index contributed by atoms with van der Waals surface area (Å²) in [7, 11) is 0. The van der Waals surface area contributed by atoms with Crippen LogP contribution in [0.5, 0.6) is 0 Å². The summed E-state index contributed by atoms with van der Waals surface area (Å²) < 4.78 is 19.2. The summed E-state index contributed by atoms with van der Waals surface area (Å²) in [5, 5.41) is 9.35. The second kappa shape index (κ2) is 4.51. The minimum atomic E-state index is -0.747. The van der Waals surface area contributed by atoms with Gasteiger partial charge in [0, 0.05) is 24.3 Å². The van der Waals surface area contributed by atoms with E-state index in [1.54, 1.807) is 0 Å². The Morgan fingerprint density at radius 3 is 2.73 bits per heavy atom. The van der Waals surface area contributed by atoms with Crippen molar-refractivity contribution < 1.29 is 19.3 Å². The van der Waals surface area contributed by atoms with E-state index in [1.165, 1.54) is 10.6 Å². The molecule has 1 aromatic heterocycles. The molecule has 2 N–H and O–H groups in total. The van der Waals surface area contributed by atoms with Crippen molar-refractivity contribution in [3.05, 3.63) is 32.6 Å². The summed E-state index contributed by atoms with van der Waals surface area (Å²) in [6.45, 7) is 3.56. The van der Waals surface area contributed by atoms with Crippen LogP contribution in [0.15, 0.2) is 15.7 Å². The second-order valence-corrected chi connectivity index (χ2v) is 6.41. The molecule has 2 bridgehead atoms. The SMILES string of the molecule is CC1(C)O[C@@H]2[C@H](O1)[C@@H]1O[C@H]2n2c(cc(=O)[nH]c2=O)C1CCO. The van der Waals surface area contributed by atoms with Crippen molar-refractivity contribution in [1.82, 2.24) is 9.55 Å². The van der Waals surface area contributed by atoms with E-state index >= 15 is 0 Å². The number of aliphatic hydroxyl groups is 1. The molecule has 0 spiro atoms. The standard InChI is InChI=1S/C14H18N2O6/c1-14(2)21-10-9-6(3-4-17)7-5-8(18)15-13(19)16(7)12(20-9)11(10)22-14/h5-6,9-12,17H,3-4H2,1-2H3,(H,15,18,19)/t6?,9-,10-,11-,12-/m1/s1. The van der Waals surface area contributed by atoms with Crippen molar-refractivity contribution >= 4 is 0 Å². The molecule has 8 nitrogen and oxygen atoms in total. The van der Waals surface area contributed by atoms with Crippen LogP contribution in [0.2, 0.25) is 0 Å². The van der Waals surface area contributed by atoms with E-state index in [1.807, 2.05) is 13.8 Å². The Labute approximate surface area is 125 Å². The van der Waals surface area contributed by atoms with Gasteiger partial charge < -0.3 is 19.3 Å². The molecule has 0 radical (unpaired) electrons. The summed E-state index contributed by atoms with van der Waals surface area (Å²) in [5.74, 6) is -1.04. The minimum Gasteiger partial charge on any atom is -0.396 e. The molecule has 0 saturated carbocycles. The fourth-order valence-corrected chi connectivity index (χ4v) is 3.83. The van der Waals surface area contributed by atoms with Gasteiger partial charge in [-0.05, 0) is 20.3 Å². The van der Waals surface area contributed by atoms with Crippen LogP contribution in [0.4, 0.5) is 0 Å². The molecular formula is C14H18N2O6. The van der Waals surface area contributed by atoms with Gasteiger partial charge in [-0.25, -0.2) is 4.79 Å². The average Bonchev–Trinajstić information content (AvgIpc) is 2.87. The van der Waals surface area contributed by atoms with Gasteiger partial charge in [0.25, 0.3) is 5.56 Å². The Bertz CT molecular complexity index is 723. The zero-order chi connectivity index (χ0) is 15.6. The minimum absolute atomic E-state index is 0.0716. The Morgan fingerprint density at radius 2 is 2.00 bits per heavy atom. The molecule has 4 rings (SSSR count). The molecule has 3 aliphatic rings. The number of hydrogen-bond acceptors (Lipinski definition) is 6. The molecule has 2 fully saturated rings. The number of ether oxygens (including phenoxy) is 3. The Morgan fingerprint density at radius 1 is 1.27 bits per heavy atom. The van der Waals surface area contributed by atoms with Gasteiger partial charge in [0.15, 0.2) is 12.0 Å². The molecule has 3 aliphatic heterocycles. The van der Waals surface area contributed by atoms with E-state index in [2.05, 4.69) is 4.98 Å². The zero-order valence-corrected chi connectivity index (χ0v) is 12.3. The number of nitrogens with zero attached hydrogens (tertiary/aromatic N) is 1. The fraction of sp³-hybridized carbons (Fsp3) is 0.714. The van der Waals surface area contributed by atoms with E-state index < -0.39 is 29.4 Å². The number of aromatic nitrogens is 2. The molecule has 2 saturated heterocycles. The van der Waals surface area contributed by atoms with E-state index in [0.29, 0.717) is 12.1 Å². The molecule has 0 amide bonds. The van der Waals surface area contributed by atoms with Gasteiger partial charge >= 0.3 is 5.69 Å². The van der Waals surface area contributed by atoms with Gasteiger partial charge in [0.1, 0.15) is 12.2 Å². The zero-order valence-electron chi connectivity index (χ0n) is 12.3. The van der Waals surface area contributed by atoms with Gasteiger partial charge in [-0.15, -0.1) is 0 Å². The molecule has 1 unspecified atom stereocenters. The van der Waals surface area contributed by atoms with Crippen molar-refractivity contribution in [2.75, 3.05) is 6.61 Å². The van der Waals surface area contributed by atoms with Crippen LogP contribution in [-0.2, 0) is 14.2 Å². The number of fused-ring (bicyclic) bond motifs is 7. The maximum Gasteiger partial charge on any atom is 0.330 e. The van der Waals surface area contributed by atoms with Gasteiger partial charge in [0.2, 0.25) is 0 Å². The number of H-pyrrole nitrogens is 1. The maximum absolute atomic E-state index is 12.2. The lowest BCUT2D eigenvalue weighted by Crippen LogP contribution is -2.44. The molecule has 8 heteroatoms. The van der Waals surface area contributed by atoms with Crippen LogP contribution < -0.4 is 11.2 Å². The normalized spacial score (nSPS) is 37.9. The van der Waals surface area contributed by atoms with Crippen molar-refractivity contribution in [2.45, 2.75) is 56.5 Å². The molecule has 0 aliphatic carbocycles. The molecule has 1 aromatic rings. The monoisotopic (exact) mass is 310 g/mol. The molecule has 5 atom stereocenters. The van der Waals surface area contributed by atoms with Gasteiger partial charge in [-0.1, -0.05) is 0 Å². The lowest BCUT2D eigenvalue weighted by molar-refractivity contribution is -0.206. The van der Waals surface area contributed by atoms with Crippen LogP contribution in [0, 0.1) is 0 Å². The number of aliphatic hydroxyl groups excluding tert-OH is 1. The highest BCUT2D eigenvalue weighted by Crippen LogP contribution is 2.50. The van der Waals surface area contributed by atoms with Crippen LogP contribution in [-0.4, -0.2) is 45.4 Å². The fourth-order valence-electron chi connectivity index (χ4n) is 3.83. The van der Waals surface area contributed by atoms with Crippen molar-refractivity contribution in [2.24, 2.45) is 0 Å². The third-order valence-electron chi connectivity index (χ3n) is 4.54. The van der Waals surface area contributed by atoms with Crippen molar-refractivity contribution in [3.8, 4) is 0 Å². The first-order valence-corrected chi connectivity index (χ1v) is 7.39. The van der Waals surface area contributed by atoms with Crippen molar-refractivity contribution in [3.63, 3.8) is 0 Å². The van der Waals surface area contributed by atoms with Gasteiger partial charge in [0.05, 0.1) is 6.10 Å². The van der Waals surface area contributed by atoms with Crippen LogP contribution >= 0.6 is 0 Å². The third kappa shape index (κ3) is 1.84. The second-order valence-electron chi connectivity index (χ2n) is 6.41. The highest BCUT2D eigenvalue weighted by molar-refractivity contribution is 5.20. The summed E-state index contributed by atoms with van der Waals surface area (Å²) in [6.07, 6.45) is -1.32. The van der Waals surface area contributed by atoms with Crippen LogP contribution in [0.1, 0.15) is 38.1 Å². The largest absolute Gasteiger partial charge is 0.396 e. The first kappa shape index (κ1) is 14.1. The topological polar surface area (TPSA) is 103 Å². The summed E-state index contributed by atoms with van der Waals surface area (Å²) in [5.41, 5.74) is -0.404. The smallest absolute Gasteiger partial charge is 0.330 e. The number of hydrogen-bond donors (Lipinski definition) is 2. The first-order valence-electron chi connectivity index (χ1n) is 7.39. The molecule has 22 heavy (non-hydrogen) atoms. The lowest BCUT2D eigenvalue weighted by Gasteiger charge is -2.35. The number of rotatable bonds is 2. The number of aromatic amines is 1. The highest BCUT2D eigenvalue weighted by atomic mass is 16.8. The Hall–Kier alpha value is -1.48. The van der Waals surface area contributed by atoms with E-state index in [0.717, 1.165) is 0 Å². The van der Waals surface area contributed by atoms with E-state index in [4.69, 9.17) is 14.2 Å². The molecule has 0 aromatic carbocycles. The highest BCUT2D eigenvalue weighted by Gasteiger charge is 2.60. The van der Waals surface area contributed by atoms with Crippen molar-refractivity contribution in [1.29, 1.82) is 0 Å². The summed E-state index contributed by atoms with van der Waals surface area (Å²) in [6, 6.07) is 1.40. The predicted molar refractivity (Wildman–Crippen MR) is 73.5 cm³/mol. The van der Waals surface area contributed by atoms with E-state index in [9.17, 15) is 14.7 Å². The molecule has 4 heterocycles. The predicted octanol–water partition coefficient (Wildman–Crippen LogP) is -0.566. The quantitative estimate of drug-likeness (QED) is 0.758.